The quantitative estimate of drug-likeness (QED) is 0.888. The Hall–Kier alpha value is -1.62. The summed E-state index contributed by atoms with van der Waals surface area (Å²) >= 11 is 1.58. The highest BCUT2D eigenvalue weighted by molar-refractivity contribution is 7.15. The number of nitrogens with zero attached hydrogens (tertiary/aromatic N) is 1. The van der Waals surface area contributed by atoms with Gasteiger partial charge in [0.25, 0.3) is 5.56 Å². The van der Waals surface area contributed by atoms with Crippen LogP contribution in [0.3, 0.4) is 0 Å². The first-order chi connectivity index (χ1) is 9.20. The zero-order valence-electron chi connectivity index (χ0n) is 12.4. The second-order valence-corrected chi connectivity index (χ2v) is 7.30. The van der Waals surface area contributed by atoms with Gasteiger partial charge in [-0.25, -0.2) is 0 Å². The Labute approximate surface area is 122 Å². The fraction of sp³-hybridized carbons (Fsp3) is 0.467. The molecule has 0 spiro atoms. The molecule has 20 heavy (non-hydrogen) atoms. The van der Waals surface area contributed by atoms with Crippen molar-refractivity contribution in [2.24, 2.45) is 0 Å². The topological polar surface area (TPSA) is 66.0 Å². The number of hydrogen-bond acceptors (Lipinski definition) is 4. The van der Waals surface area contributed by atoms with Crippen molar-refractivity contribution >= 4 is 11.3 Å². The highest BCUT2D eigenvalue weighted by atomic mass is 32.1. The fourth-order valence-electron chi connectivity index (χ4n) is 1.98. The van der Waals surface area contributed by atoms with Gasteiger partial charge in [0, 0.05) is 4.88 Å². The second kappa shape index (κ2) is 5.05. The Morgan fingerprint density at radius 3 is 2.40 bits per heavy atom. The minimum atomic E-state index is -0.270. The number of rotatable bonds is 2. The van der Waals surface area contributed by atoms with Crippen molar-refractivity contribution in [1.82, 2.24) is 9.97 Å². The molecule has 2 N–H and O–H groups in total. The highest BCUT2D eigenvalue weighted by Gasteiger charge is 2.19. The van der Waals surface area contributed by atoms with Crippen LogP contribution in [-0.4, -0.2) is 15.1 Å². The molecular weight excluding hydrogens is 272 g/mol. The summed E-state index contributed by atoms with van der Waals surface area (Å²) in [4.78, 5) is 21.0. The minimum Gasteiger partial charge on any atom is -0.493 e. The molecule has 2 aromatic heterocycles. The largest absolute Gasteiger partial charge is 0.493 e. The first kappa shape index (κ1) is 14.8. The van der Waals surface area contributed by atoms with Crippen molar-refractivity contribution in [1.29, 1.82) is 0 Å². The Bertz CT molecular complexity index is 678. The lowest BCUT2D eigenvalue weighted by Crippen LogP contribution is -2.16. The average molecular weight is 292 g/mol. The van der Waals surface area contributed by atoms with E-state index in [1.54, 1.807) is 11.3 Å². The van der Waals surface area contributed by atoms with Gasteiger partial charge in [-0.1, -0.05) is 34.6 Å². The fourth-order valence-corrected chi connectivity index (χ4v) is 2.98. The number of aromatic hydroxyl groups is 1. The van der Waals surface area contributed by atoms with Crippen molar-refractivity contribution in [3.05, 3.63) is 32.9 Å². The van der Waals surface area contributed by atoms with E-state index in [-0.39, 0.29) is 22.8 Å². The van der Waals surface area contributed by atoms with Crippen LogP contribution in [-0.2, 0) is 5.41 Å². The van der Waals surface area contributed by atoms with Crippen molar-refractivity contribution in [3.63, 3.8) is 0 Å². The summed E-state index contributed by atoms with van der Waals surface area (Å²) in [7, 11) is 0. The standard InChI is InChI=1S/C15H20N2O2S/c1-8(2)11-13(18)16-12(17-14(11)19)9-6-7-10(20-9)15(3,4)5/h6-8H,1-5H3,(H2,16,17,18,19). The molecule has 0 atom stereocenters. The Kier molecular flexibility index (Phi) is 3.73. The van der Waals surface area contributed by atoms with E-state index in [1.165, 1.54) is 4.88 Å². The van der Waals surface area contributed by atoms with Crippen molar-refractivity contribution in [3.8, 4) is 16.6 Å². The van der Waals surface area contributed by atoms with Crippen molar-refractivity contribution in [2.75, 3.05) is 0 Å². The summed E-state index contributed by atoms with van der Waals surface area (Å²) in [5.41, 5.74) is 0.123. The molecule has 0 fully saturated rings. The van der Waals surface area contributed by atoms with Crippen LogP contribution >= 0.6 is 11.3 Å². The minimum absolute atomic E-state index is 0.0587. The molecule has 0 saturated heterocycles. The molecule has 4 nitrogen and oxygen atoms in total. The van der Waals surface area contributed by atoms with Crippen LogP contribution in [0.4, 0.5) is 0 Å². The monoisotopic (exact) mass is 292 g/mol. The third kappa shape index (κ3) is 2.77. The molecule has 2 rings (SSSR count). The molecule has 0 aliphatic carbocycles. The Morgan fingerprint density at radius 2 is 1.95 bits per heavy atom. The van der Waals surface area contributed by atoms with Crippen molar-refractivity contribution in [2.45, 2.75) is 46.0 Å². The van der Waals surface area contributed by atoms with Crippen LogP contribution < -0.4 is 5.56 Å². The summed E-state index contributed by atoms with van der Waals surface area (Å²) in [5.74, 6) is 0.190. The predicted molar refractivity (Wildman–Crippen MR) is 82.6 cm³/mol. The van der Waals surface area contributed by atoms with E-state index in [9.17, 15) is 9.90 Å². The third-order valence-electron chi connectivity index (χ3n) is 3.09. The van der Waals surface area contributed by atoms with Crippen LogP contribution in [0.25, 0.3) is 10.7 Å². The molecule has 2 aromatic rings. The second-order valence-electron chi connectivity index (χ2n) is 6.22. The molecule has 0 aromatic carbocycles. The molecular formula is C15H20N2O2S. The molecule has 2 heterocycles. The number of aromatic nitrogens is 2. The highest BCUT2D eigenvalue weighted by Crippen LogP contribution is 2.34. The molecule has 0 unspecified atom stereocenters. The molecule has 0 aliphatic heterocycles. The maximum Gasteiger partial charge on any atom is 0.258 e. The maximum atomic E-state index is 12.0. The van der Waals surface area contributed by atoms with E-state index in [1.807, 2.05) is 26.0 Å². The van der Waals surface area contributed by atoms with Crippen LogP contribution in [0.1, 0.15) is 51.0 Å². The zero-order valence-corrected chi connectivity index (χ0v) is 13.3. The van der Waals surface area contributed by atoms with Gasteiger partial charge in [-0.05, 0) is 23.5 Å². The van der Waals surface area contributed by atoms with Gasteiger partial charge < -0.3 is 10.1 Å². The Morgan fingerprint density at radius 1 is 1.30 bits per heavy atom. The van der Waals surface area contributed by atoms with Crippen LogP contribution in [0, 0.1) is 0 Å². The van der Waals surface area contributed by atoms with E-state index in [2.05, 4.69) is 30.7 Å². The summed E-state index contributed by atoms with van der Waals surface area (Å²) in [6.07, 6.45) is 0. The van der Waals surface area contributed by atoms with E-state index in [0.717, 1.165) is 4.88 Å². The van der Waals surface area contributed by atoms with Gasteiger partial charge in [0.05, 0.1) is 10.4 Å². The van der Waals surface area contributed by atoms with Gasteiger partial charge in [0.2, 0.25) is 5.88 Å². The van der Waals surface area contributed by atoms with E-state index in [4.69, 9.17) is 0 Å². The molecule has 5 heteroatoms. The number of thiophene rings is 1. The Balaban J connectivity index is 2.50. The molecule has 0 bridgehead atoms. The maximum absolute atomic E-state index is 12.0. The first-order valence-electron chi connectivity index (χ1n) is 6.64. The normalized spacial score (nSPS) is 12.1. The lowest BCUT2D eigenvalue weighted by molar-refractivity contribution is 0.440. The van der Waals surface area contributed by atoms with E-state index >= 15 is 0 Å². The number of hydrogen-bond donors (Lipinski definition) is 2. The summed E-state index contributed by atoms with van der Waals surface area (Å²) < 4.78 is 0. The van der Waals surface area contributed by atoms with Gasteiger partial charge in [-0.2, -0.15) is 4.98 Å². The van der Waals surface area contributed by atoms with E-state index < -0.39 is 0 Å². The molecule has 108 valence electrons. The van der Waals surface area contributed by atoms with Crippen LogP contribution in [0.15, 0.2) is 16.9 Å². The SMILES string of the molecule is CC(C)c1c(O)nc(-c2ccc(C(C)(C)C)s2)[nH]c1=O. The number of H-pyrrole nitrogens is 1. The van der Waals surface area contributed by atoms with Gasteiger partial charge in [0.1, 0.15) is 0 Å². The lowest BCUT2D eigenvalue weighted by atomic mass is 9.95. The first-order valence-corrected chi connectivity index (χ1v) is 7.45. The van der Waals surface area contributed by atoms with Gasteiger partial charge in [-0.3, -0.25) is 4.79 Å². The molecule has 0 radical (unpaired) electrons. The number of nitrogens with one attached hydrogen (secondary N) is 1. The van der Waals surface area contributed by atoms with Crippen molar-refractivity contribution < 1.29 is 5.11 Å². The lowest BCUT2D eigenvalue weighted by Gasteiger charge is -2.15. The van der Waals surface area contributed by atoms with Gasteiger partial charge in [0.15, 0.2) is 5.82 Å². The van der Waals surface area contributed by atoms with Crippen LogP contribution in [0.2, 0.25) is 0 Å². The molecule has 0 saturated carbocycles. The average Bonchev–Trinajstić information content (AvgIpc) is 2.75. The molecule has 0 amide bonds. The summed E-state index contributed by atoms with van der Waals surface area (Å²) in [5, 5.41) is 9.94. The van der Waals surface area contributed by atoms with Crippen LogP contribution in [0.5, 0.6) is 5.88 Å². The smallest absolute Gasteiger partial charge is 0.258 e. The summed E-state index contributed by atoms with van der Waals surface area (Å²) in [6, 6.07) is 3.96. The van der Waals surface area contributed by atoms with Gasteiger partial charge >= 0.3 is 0 Å². The third-order valence-corrected chi connectivity index (χ3v) is 4.61. The summed E-state index contributed by atoms with van der Waals surface area (Å²) in [6.45, 7) is 10.1. The van der Waals surface area contributed by atoms with Gasteiger partial charge in [-0.15, -0.1) is 11.3 Å². The number of aromatic amines is 1. The molecule has 0 aliphatic rings. The van der Waals surface area contributed by atoms with E-state index in [0.29, 0.717) is 11.4 Å². The predicted octanol–water partition coefficient (Wildman–Crippen LogP) is 3.62. The zero-order chi connectivity index (χ0) is 15.1.